The molecule has 0 saturated heterocycles. The van der Waals surface area contributed by atoms with Crippen LogP contribution >= 0.6 is 11.6 Å². The highest BCUT2D eigenvalue weighted by Crippen LogP contribution is 2.33. The lowest BCUT2D eigenvalue weighted by Crippen LogP contribution is -2.27. The summed E-state index contributed by atoms with van der Waals surface area (Å²) in [6.07, 6.45) is 3.34. The third kappa shape index (κ3) is 5.80. The number of alkyl halides is 2. The van der Waals surface area contributed by atoms with Crippen LogP contribution in [-0.4, -0.2) is 35.4 Å². The molecule has 2 aromatic carbocycles. The molecule has 2 unspecified atom stereocenters. The van der Waals surface area contributed by atoms with Crippen molar-refractivity contribution in [2.24, 2.45) is 5.92 Å². The Hall–Kier alpha value is -4.77. The average molecular weight is 602 g/mol. The molecule has 218 valence electrons. The van der Waals surface area contributed by atoms with E-state index >= 15 is 0 Å². The van der Waals surface area contributed by atoms with E-state index in [-0.39, 0.29) is 17.4 Å². The van der Waals surface area contributed by atoms with Crippen LogP contribution in [0.1, 0.15) is 50.0 Å². The Labute approximate surface area is 250 Å². The van der Waals surface area contributed by atoms with Crippen molar-refractivity contribution in [2.45, 2.75) is 38.7 Å². The number of halogens is 3. The fraction of sp³-hybridized carbons (Fsp3) is 0.226. The lowest BCUT2D eigenvalue weighted by atomic mass is 9.95. The van der Waals surface area contributed by atoms with Gasteiger partial charge in [0.2, 0.25) is 5.91 Å². The van der Waals surface area contributed by atoms with E-state index in [1.807, 2.05) is 43.3 Å². The number of fused-ring (bicyclic) bond motifs is 4. The van der Waals surface area contributed by atoms with Gasteiger partial charge in [-0.1, -0.05) is 48.4 Å². The predicted molar refractivity (Wildman–Crippen MR) is 158 cm³/mol. The molecule has 2 bridgehead atoms. The Bertz CT molecular complexity index is 1870. The first-order valence-corrected chi connectivity index (χ1v) is 14.1. The van der Waals surface area contributed by atoms with Crippen molar-refractivity contribution in [3.8, 4) is 28.1 Å². The average Bonchev–Trinajstić information content (AvgIpc) is 3.50. The number of amides is 1. The molecule has 0 aliphatic carbocycles. The highest BCUT2D eigenvalue weighted by Gasteiger charge is 2.23. The van der Waals surface area contributed by atoms with Gasteiger partial charge in [0.25, 0.3) is 12.0 Å². The van der Waals surface area contributed by atoms with Crippen LogP contribution in [0.2, 0.25) is 5.02 Å². The normalized spacial score (nSPS) is 17.1. The number of carbonyl (C=O) groups is 1. The molecule has 9 nitrogen and oxygen atoms in total. The van der Waals surface area contributed by atoms with Gasteiger partial charge >= 0.3 is 0 Å². The fourth-order valence-electron chi connectivity index (χ4n) is 5.27. The van der Waals surface area contributed by atoms with E-state index in [1.165, 1.54) is 21.6 Å². The quantitative estimate of drug-likeness (QED) is 0.252. The van der Waals surface area contributed by atoms with E-state index in [0.29, 0.717) is 52.6 Å². The molecule has 3 aromatic heterocycles. The first-order valence-electron chi connectivity index (χ1n) is 13.7. The summed E-state index contributed by atoms with van der Waals surface area (Å²) in [5, 5.41) is 10.8. The van der Waals surface area contributed by atoms with Gasteiger partial charge in [-0.3, -0.25) is 19.1 Å². The number of anilines is 1. The minimum absolute atomic E-state index is 0.0626. The SMILES string of the molecule is CC1CCCC(n2cnc(-c3cc(Cl)ccc3-n3cc(C(F)F)nn3)cc2=O)c2cc(ccn2)-c2ccccc2NC1=O. The Kier molecular flexibility index (Phi) is 7.81. The van der Waals surface area contributed by atoms with E-state index in [4.69, 9.17) is 11.6 Å². The van der Waals surface area contributed by atoms with Crippen LogP contribution < -0.4 is 10.9 Å². The van der Waals surface area contributed by atoms with Gasteiger partial charge in [-0.05, 0) is 54.8 Å². The maximum Gasteiger partial charge on any atom is 0.283 e. The van der Waals surface area contributed by atoms with Gasteiger partial charge < -0.3 is 5.32 Å². The molecule has 0 fully saturated rings. The first kappa shape index (κ1) is 28.4. The lowest BCUT2D eigenvalue weighted by molar-refractivity contribution is -0.119. The van der Waals surface area contributed by atoms with Gasteiger partial charge in [0, 0.05) is 40.0 Å². The molecule has 1 aliphatic heterocycles. The van der Waals surface area contributed by atoms with Crippen LogP contribution in [0.4, 0.5) is 14.5 Å². The Balaban J connectivity index is 1.42. The number of para-hydroxylation sites is 1. The summed E-state index contributed by atoms with van der Waals surface area (Å²) in [6, 6.07) is 17.1. The van der Waals surface area contributed by atoms with Gasteiger partial charge in [0.05, 0.1) is 35.6 Å². The smallest absolute Gasteiger partial charge is 0.283 e. The fourth-order valence-corrected chi connectivity index (χ4v) is 5.45. The summed E-state index contributed by atoms with van der Waals surface area (Å²) in [5.41, 5.74) is 3.41. The molecule has 1 N–H and O–H groups in total. The Morgan fingerprint density at radius 2 is 1.84 bits per heavy atom. The number of nitrogens with one attached hydrogen (secondary N) is 1. The van der Waals surface area contributed by atoms with E-state index in [2.05, 4.69) is 25.6 Å². The summed E-state index contributed by atoms with van der Waals surface area (Å²) >= 11 is 6.27. The topological polar surface area (TPSA) is 108 Å². The number of rotatable bonds is 4. The van der Waals surface area contributed by atoms with Crippen molar-refractivity contribution in [3.63, 3.8) is 0 Å². The monoisotopic (exact) mass is 601 g/mol. The third-order valence-corrected chi connectivity index (χ3v) is 7.80. The zero-order valence-corrected chi connectivity index (χ0v) is 23.7. The number of hydrogen-bond donors (Lipinski definition) is 1. The van der Waals surface area contributed by atoms with Crippen LogP contribution in [0.25, 0.3) is 28.1 Å². The van der Waals surface area contributed by atoms with Gasteiger partial charge in [0.15, 0.2) is 0 Å². The third-order valence-electron chi connectivity index (χ3n) is 7.57. The van der Waals surface area contributed by atoms with E-state index in [0.717, 1.165) is 17.3 Å². The molecule has 2 atom stereocenters. The van der Waals surface area contributed by atoms with Crippen LogP contribution in [0.15, 0.2) is 84.2 Å². The largest absolute Gasteiger partial charge is 0.325 e. The molecule has 43 heavy (non-hydrogen) atoms. The van der Waals surface area contributed by atoms with Gasteiger partial charge in [-0.15, -0.1) is 5.10 Å². The van der Waals surface area contributed by atoms with Gasteiger partial charge in [-0.25, -0.2) is 18.4 Å². The Morgan fingerprint density at radius 1 is 1.00 bits per heavy atom. The standard InChI is InChI=1S/C31H26ClF2N7O2/c1-18-5-4-8-28(25-13-19(11-12-35-25)21-6-2-3-7-23(21)37-31(18)43)40-17-36-24(15-29(40)42)22-14-20(32)9-10-27(22)41-16-26(30(33)34)38-39-41/h2-3,6-7,9-18,28,30H,4-5,8H2,1H3,(H,37,43). The summed E-state index contributed by atoms with van der Waals surface area (Å²) in [4.78, 5) is 35.8. The van der Waals surface area contributed by atoms with Crippen molar-refractivity contribution in [3.05, 3.63) is 106 Å². The summed E-state index contributed by atoms with van der Waals surface area (Å²) < 4.78 is 29.1. The van der Waals surface area contributed by atoms with Crippen molar-refractivity contribution < 1.29 is 13.6 Å². The first-order chi connectivity index (χ1) is 20.8. The van der Waals surface area contributed by atoms with E-state index < -0.39 is 18.2 Å². The summed E-state index contributed by atoms with van der Waals surface area (Å²) in [5.74, 6) is -0.298. The number of pyridine rings is 1. The van der Waals surface area contributed by atoms with Crippen molar-refractivity contribution in [1.82, 2.24) is 29.5 Å². The van der Waals surface area contributed by atoms with Crippen molar-refractivity contribution in [1.29, 1.82) is 0 Å². The van der Waals surface area contributed by atoms with Crippen LogP contribution in [0.5, 0.6) is 0 Å². The summed E-state index contributed by atoms with van der Waals surface area (Å²) in [6.45, 7) is 1.89. The van der Waals surface area contributed by atoms with Crippen LogP contribution in [-0.2, 0) is 4.79 Å². The minimum atomic E-state index is -2.78. The van der Waals surface area contributed by atoms with Gasteiger partial charge in [-0.2, -0.15) is 0 Å². The molecule has 5 aromatic rings. The number of aromatic nitrogens is 6. The van der Waals surface area contributed by atoms with Crippen molar-refractivity contribution >= 4 is 23.2 Å². The van der Waals surface area contributed by atoms with E-state index in [1.54, 1.807) is 24.4 Å². The Morgan fingerprint density at radius 3 is 2.63 bits per heavy atom. The van der Waals surface area contributed by atoms with Crippen LogP contribution in [0.3, 0.4) is 0 Å². The molecule has 12 heteroatoms. The molecule has 0 radical (unpaired) electrons. The molecular weight excluding hydrogens is 576 g/mol. The highest BCUT2D eigenvalue weighted by molar-refractivity contribution is 6.31. The zero-order valence-electron chi connectivity index (χ0n) is 23.0. The molecule has 0 saturated carbocycles. The molecule has 1 aliphatic rings. The number of benzene rings is 2. The number of hydrogen-bond acceptors (Lipinski definition) is 6. The molecular formula is C31H26ClF2N7O2. The van der Waals surface area contributed by atoms with Gasteiger partial charge in [0.1, 0.15) is 5.69 Å². The minimum Gasteiger partial charge on any atom is -0.325 e. The van der Waals surface area contributed by atoms with Crippen LogP contribution in [0, 0.1) is 5.92 Å². The summed E-state index contributed by atoms with van der Waals surface area (Å²) in [7, 11) is 0. The second-order valence-electron chi connectivity index (χ2n) is 10.4. The zero-order chi connectivity index (χ0) is 30.1. The molecule has 1 amide bonds. The highest BCUT2D eigenvalue weighted by atomic mass is 35.5. The molecule has 6 rings (SSSR count). The maximum absolute atomic E-state index is 13.7. The predicted octanol–water partition coefficient (Wildman–Crippen LogP) is 6.49. The van der Waals surface area contributed by atoms with Crippen molar-refractivity contribution in [2.75, 3.05) is 5.32 Å². The number of carbonyl (C=O) groups excluding carboxylic acids is 1. The second-order valence-corrected chi connectivity index (χ2v) is 10.9. The number of nitrogens with zero attached hydrogens (tertiary/aromatic N) is 6. The van der Waals surface area contributed by atoms with E-state index in [9.17, 15) is 18.4 Å². The molecule has 0 spiro atoms. The maximum atomic E-state index is 13.7. The lowest BCUT2D eigenvalue weighted by Gasteiger charge is -2.23. The second kappa shape index (κ2) is 11.8. The molecule has 4 heterocycles.